The molecule has 0 radical (unpaired) electrons. The maximum atomic E-state index is 12.5. The average molecular weight is 393 g/mol. The van der Waals surface area contributed by atoms with Crippen LogP contribution < -0.4 is 10.4 Å². The summed E-state index contributed by atoms with van der Waals surface area (Å²) in [5.41, 5.74) is 1.11. The SMILES string of the molecule is COC(=O)C1=C(C)NC(c2ccccc2)=C(C(=O)[O-])C1c1cccc([N+](=O)[O-])c1. The number of nitrogens with one attached hydrogen (secondary N) is 1. The highest BCUT2D eigenvalue weighted by molar-refractivity contribution is 6.04. The molecule has 0 aromatic heterocycles. The van der Waals surface area contributed by atoms with Crippen LogP contribution in [-0.4, -0.2) is 24.0 Å². The van der Waals surface area contributed by atoms with Gasteiger partial charge in [0.25, 0.3) is 5.69 Å². The van der Waals surface area contributed by atoms with Gasteiger partial charge in [0.2, 0.25) is 0 Å². The number of dihydropyridines is 1. The van der Waals surface area contributed by atoms with Crippen molar-refractivity contribution in [1.82, 2.24) is 5.32 Å². The van der Waals surface area contributed by atoms with Crippen molar-refractivity contribution in [2.45, 2.75) is 12.8 Å². The lowest BCUT2D eigenvalue weighted by Crippen LogP contribution is -2.37. The van der Waals surface area contributed by atoms with Gasteiger partial charge in [-0.05, 0) is 18.1 Å². The zero-order valence-corrected chi connectivity index (χ0v) is 15.7. The van der Waals surface area contributed by atoms with Gasteiger partial charge in [-0.25, -0.2) is 4.79 Å². The predicted octanol–water partition coefficient (Wildman–Crippen LogP) is 1.89. The van der Waals surface area contributed by atoms with Crippen molar-refractivity contribution < 1.29 is 24.4 Å². The van der Waals surface area contributed by atoms with Crippen molar-refractivity contribution in [3.63, 3.8) is 0 Å². The second-order valence-corrected chi connectivity index (χ2v) is 6.38. The number of allylic oxidation sites excluding steroid dienone is 1. The lowest BCUT2D eigenvalue weighted by Gasteiger charge is -2.33. The fourth-order valence-corrected chi connectivity index (χ4v) is 3.41. The van der Waals surface area contributed by atoms with Crippen LogP contribution in [0.4, 0.5) is 5.69 Å². The van der Waals surface area contributed by atoms with Gasteiger partial charge in [0.05, 0.1) is 29.3 Å². The molecule has 0 spiro atoms. The zero-order valence-electron chi connectivity index (χ0n) is 15.7. The Morgan fingerprint density at radius 3 is 2.34 bits per heavy atom. The minimum absolute atomic E-state index is 0.0480. The molecule has 1 aliphatic rings. The van der Waals surface area contributed by atoms with E-state index >= 15 is 0 Å². The molecule has 1 unspecified atom stereocenters. The molecule has 1 atom stereocenters. The number of hydrogen-bond donors (Lipinski definition) is 1. The number of hydrogen-bond acceptors (Lipinski definition) is 7. The molecule has 0 saturated heterocycles. The van der Waals surface area contributed by atoms with Gasteiger partial charge in [0.15, 0.2) is 0 Å². The van der Waals surface area contributed by atoms with Crippen molar-refractivity contribution in [3.05, 3.63) is 92.7 Å². The average Bonchev–Trinajstić information content (AvgIpc) is 2.72. The fraction of sp³-hybridized carbons (Fsp3) is 0.143. The van der Waals surface area contributed by atoms with Gasteiger partial charge in [-0.2, -0.15) is 0 Å². The summed E-state index contributed by atoms with van der Waals surface area (Å²) in [5, 5.41) is 26.4. The zero-order chi connectivity index (χ0) is 21.1. The highest BCUT2D eigenvalue weighted by Crippen LogP contribution is 2.41. The van der Waals surface area contributed by atoms with Crippen molar-refractivity contribution >= 4 is 23.3 Å². The summed E-state index contributed by atoms with van der Waals surface area (Å²) in [5.74, 6) is -3.34. The minimum atomic E-state index is -1.50. The molecule has 0 bridgehead atoms. The summed E-state index contributed by atoms with van der Waals surface area (Å²) < 4.78 is 4.85. The molecule has 0 amide bonds. The maximum Gasteiger partial charge on any atom is 0.336 e. The van der Waals surface area contributed by atoms with E-state index in [0.717, 1.165) is 0 Å². The van der Waals surface area contributed by atoms with Crippen LogP contribution in [0.25, 0.3) is 5.70 Å². The predicted molar refractivity (Wildman–Crippen MR) is 102 cm³/mol. The summed E-state index contributed by atoms with van der Waals surface area (Å²) in [6, 6.07) is 14.2. The molecule has 1 N–H and O–H groups in total. The highest BCUT2D eigenvalue weighted by Gasteiger charge is 2.36. The first-order chi connectivity index (χ1) is 13.8. The largest absolute Gasteiger partial charge is 0.545 e. The Labute approximate surface area is 166 Å². The highest BCUT2D eigenvalue weighted by atomic mass is 16.6. The lowest BCUT2D eigenvalue weighted by atomic mass is 9.79. The third-order valence-corrected chi connectivity index (χ3v) is 4.67. The third kappa shape index (κ3) is 3.73. The van der Waals surface area contributed by atoms with E-state index in [0.29, 0.717) is 11.3 Å². The maximum absolute atomic E-state index is 12.5. The molecule has 29 heavy (non-hydrogen) atoms. The number of aliphatic carboxylic acids is 1. The van der Waals surface area contributed by atoms with Crippen molar-refractivity contribution in [3.8, 4) is 0 Å². The number of nitro benzene ring substituents is 1. The van der Waals surface area contributed by atoms with Gasteiger partial charge < -0.3 is 20.0 Å². The van der Waals surface area contributed by atoms with Crippen molar-refractivity contribution in [2.75, 3.05) is 7.11 Å². The molecule has 148 valence electrons. The van der Waals surface area contributed by atoms with Gasteiger partial charge in [0.1, 0.15) is 0 Å². The van der Waals surface area contributed by atoms with Crippen molar-refractivity contribution in [2.24, 2.45) is 0 Å². The molecular formula is C21H17N2O6-. The van der Waals surface area contributed by atoms with Crippen LogP contribution in [0.5, 0.6) is 0 Å². The number of ether oxygens (including phenoxy) is 1. The number of nitro groups is 1. The Bertz CT molecular complexity index is 1060. The molecule has 2 aromatic rings. The number of nitrogens with zero attached hydrogens (tertiary/aromatic N) is 1. The van der Waals surface area contributed by atoms with Gasteiger partial charge in [0, 0.05) is 29.3 Å². The number of carbonyl (C=O) groups is 2. The van der Waals surface area contributed by atoms with Crippen LogP contribution in [0, 0.1) is 10.1 Å². The van der Waals surface area contributed by atoms with Crippen LogP contribution in [-0.2, 0) is 14.3 Å². The first-order valence-electron chi connectivity index (χ1n) is 8.66. The van der Waals surface area contributed by atoms with Crippen LogP contribution in [0.15, 0.2) is 71.4 Å². The minimum Gasteiger partial charge on any atom is -0.545 e. The Balaban J connectivity index is 2.32. The molecule has 0 saturated carbocycles. The molecule has 1 heterocycles. The number of carbonyl (C=O) groups excluding carboxylic acids is 2. The second-order valence-electron chi connectivity index (χ2n) is 6.38. The second kappa shape index (κ2) is 7.97. The lowest BCUT2D eigenvalue weighted by molar-refractivity contribution is -0.384. The molecular weight excluding hydrogens is 376 g/mol. The fourth-order valence-electron chi connectivity index (χ4n) is 3.41. The Morgan fingerprint density at radius 1 is 1.07 bits per heavy atom. The van der Waals surface area contributed by atoms with E-state index in [-0.39, 0.29) is 28.1 Å². The van der Waals surface area contributed by atoms with Crippen molar-refractivity contribution in [1.29, 1.82) is 0 Å². The molecule has 8 nitrogen and oxygen atoms in total. The Kier molecular flexibility index (Phi) is 5.45. The molecule has 0 fully saturated rings. The number of esters is 1. The van der Waals surface area contributed by atoms with E-state index < -0.39 is 22.8 Å². The summed E-state index contributed by atoms with van der Waals surface area (Å²) in [7, 11) is 1.18. The van der Waals surface area contributed by atoms with Gasteiger partial charge in [-0.1, -0.05) is 42.5 Å². The number of carboxylic acid groups (broad SMARTS) is 1. The van der Waals surface area contributed by atoms with Gasteiger partial charge in [-0.3, -0.25) is 10.1 Å². The monoisotopic (exact) mass is 393 g/mol. The van der Waals surface area contributed by atoms with E-state index in [2.05, 4.69) is 5.32 Å². The van der Waals surface area contributed by atoms with E-state index in [1.807, 2.05) is 0 Å². The summed E-state index contributed by atoms with van der Waals surface area (Å²) >= 11 is 0. The number of methoxy groups -OCH3 is 1. The first kappa shape index (κ1) is 19.8. The number of non-ortho nitro benzene ring substituents is 1. The summed E-state index contributed by atoms with van der Waals surface area (Å²) in [6.07, 6.45) is 0. The first-order valence-corrected chi connectivity index (χ1v) is 8.66. The van der Waals surface area contributed by atoms with E-state index in [9.17, 15) is 24.8 Å². The quantitative estimate of drug-likeness (QED) is 0.468. The van der Waals surface area contributed by atoms with Gasteiger partial charge >= 0.3 is 5.97 Å². The normalized spacial score (nSPS) is 16.3. The molecule has 2 aromatic carbocycles. The smallest absolute Gasteiger partial charge is 0.336 e. The standard InChI is InChI=1S/C21H18N2O6/c1-12-16(21(26)29-2)17(14-9-6-10-15(11-14)23(27)28)18(20(24)25)19(22-12)13-7-4-3-5-8-13/h3-11,17,22H,1-2H3,(H,24,25)/p-1. The number of rotatable bonds is 5. The Morgan fingerprint density at radius 2 is 1.76 bits per heavy atom. The van der Waals surface area contributed by atoms with Gasteiger partial charge in [-0.15, -0.1) is 0 Å². The summed E-state index contributed by atoms with van der Waals surface area (Å²) in [4.78, 5) is 35.3. The third-order valence-electron chi connectivity index (χ3n) is 4.67. The van der Waals surface area contributed by atoms with Crippen LogP contribution in [0.1, 0.15) is 24.0 Å². The molecule has 8 heteroatoms. The van der Waals surface area contributed by atoms with Crippen LogP contribution in [0.2, 0.25) is 0 Å². The Hall–Kier alpha value is -3.94. The molecule has 0 aliphatic carbocycles. The summed E-state index contributed by atoms with van der Waals surface area (Å²) in [6.45, 7) is 1.62. The van der Waals surface area contributed by atoms with E-state index in [1.54, 1.807) is 37.3 Å². The van der Waals surface area contributed by atoms with Crippen LogP contribution in [0.3, 0.4) is 0 Å². The number of carboxylic acids is 1. The van der Waals surface area contributed by atoms with E-state index in [4.69, 9.17) is 4.74 Å². The van der Waals surface area contributed by atoms with E-state index in [1.165, 1.54) is 31.4 Å². The molecule has 3 rings (SSSR count). The van der Waals surface area contributed by atoms with Crippen LogP contribution >= 0.6 is 0 Å². The number of benzene rings is 2. The molecule has 1 aliphatic heterocycles. The topological polar surface area (TPSA) is 122 Å².